The van der Waals surface area contributed by atoms with Gasteiger partial charge in [0.25, 0.3) is 0 Å². The molecule has 1 rings (SSSR count). The smallest absolute Gasteiger partial charge is 0.0717 e. The minimum Gasteiger partial charge on any atom is -0.375 e. The topological polar surface area (TPSA) is 35.2 Å². The van der Waals surface area contributed by atoms with E-state index in [1.807, 2.05) is 18.2 Å². The van der Waals surface area contributed by atoms with Crippen LogP contribution < -0.4 is 5.73 Å². The lowest BCUT2D eigenvalue weighted by molar-refractivity contribution is 0.0916. The zero-order valence-electron chi connectivity index (χ0n) is 10.4. The average molecular weight is 221 g/mol. The molecular weight excluding hydrogens is 198 g/mol. The third-order valence-electron chi connectivity index (χ3n) is 3.08. The van der Waals surface area contributed by atoms with Gasteiger partial charge in [-0.3, -0.25) is 0 Å². The van der Waals surface area contributed by atoms with Crippen molar-refractivity contribution in [2.75, 3.05) is 6.61 Å². The molecule has 0 bridgehead atoms. The van der Waals surface area contributed by atoms with Crippen molar-refractivity contribution in [2.24, 2.45) is 11.7 Å². The van der Waals surface area contributed by atoms with E-state index in [9.17, 15) is 0 Å². The summed E-state index contributed by atoms with van der Waals surface area (Å²) in [6.07, 6.45) is 2.26. The first-order valence-electron chi connectivity index (χ1n) is 6.15. The number of benzene rings is 1. The van der Waals surface area contributed by atoms with Crippen molar-refractivity contribution in [3.63, 3.8) is 0 Å². The largest absolute Gasteiger partial charge is 0.375 e. The summed E-state index contributed by atoms with van der Waals surface area (Å²) >= 11 is 0. The second kappa shape index (κ2) is 7.42. The van der Waals surface area contributed by atoms with Crippen molar-refractivity contribution in [2.45, 2.75) is 39.3 Å². The molecule has 0 aromatic heterocycles. The first-order valence-corrected chi connectivity index (χ1v) is 6.15. The molecule has 0 aliphatic heterocycles. The van der Waals surface area contributed by atoms with E-state index in [1.54, 1.807) is 0 Å². The van der Waals surface area contributed by atoms with E-state index in [1.165, 1.54) is 5.56 Å². The maximum Gasteiger partial charge on any atom is 0.0717 e. The Labute approximate surface area is 98.8 Å². The molecule has 0 amide bonds. The fourth-order valence-corrected chi connectivity index (χ4v) is 1.92. The first-order chi connectivity index (χ1) is 7.77. The van der Waals surface area contributed by atoms with Crippen LogP contribution in [-0.2, 0) is 11.3 Å². The predicted octanol–water partition coefficient (Wildman–Crippen LogP) is 2.97. The highest BCUT2D eigenvalue weighted by Crippen LogP contribution is 2.12. The Kier molecular flexibility index (Phi) is 6.12. The van der Waals surface area contributed by atoms with Crippen molar-refractivity contribution in [3.8, 4) is 0 Å². The van der Waals surface area contributed by atoms with Crippen LogP contribution in [0.4, 0.5) is 0 Å². The van der Waals surface area contributed by atoms with E-state index in [0.717, 1.165) is 12.8 Å². The maximum atomic E-state index is 6.08. The van der Waals surface area contributed by atoms with Crippen molar-refractivity contribution in [3.05, 3.63) is 35.9 Å². The Morgan fingerprint density at radius 2 is 1.75 bits per heavy atom. The summed E-state index contributed by atoms with van der Waals surface area (Å²) in [5, 5.41) is 0. The molecule has 2 heteroatoms. The highest BCUT2D eigenvalue weighted by molar-refractivity contribution is 5.13. The molecule has 90 valence electrons. The Hall–Kier alpha value is -0.860. The molecule has 0 spiro atoms. The van der Waals surface area contributed by atoms with Crippen LogP contribution in [0.5, 0.6) is 0 Å². The van der Waals surface area contributed by atoms with Crippen molar-refractivity contribution in [1.29, 1.82) is 0 Å². The zero-order chi connectivity index (χ0) is 11.8. The molecule has 0 saturated carbocycles. The molecule has 0 radical (unpaired) electrons. The average Bonchev–Trinajstić information content (AvgIpc) is 2.32. The lowest BCUT2D eigenvalue weighted by Gasteiger charge is -2.20. The lowest BCUT2D eigenvalue weighted by atomic mass is 9.95. The van der Waals surface area contributed by atoms with Gasteiger partial charge in [-0.2, -0.15) is 0 Å². The molecule has 1 aromatic rings. The van der Waals surface area contributed by atoms with Gasteiger partial charge in [-0.15, -0.1) is 0 Å². The molecule has 16 heavy (non-hydrogen) atoms. The standard InChI is InChI=1S/C14H23NO/c1-3-13(4-2)14(15)11-16-10-12-8-6-5-7-9-12/h5-9,13-14H,3-4,10-11,15H2,1-2H3. The summed E-state index contributed by atoms with van der Waals surface area (Å²) in [5.74, 6) is 0.579. The summed E-state index contributed by atoms with van der Waals surface area (Å²) in [6.45, 7) is 5.69. The minimum absolute atomic E-state index is 0.165. The molecule has 0 aliphatic rings. The third kappa shape index (κ3) is 4.33. The van der Waals surface area contributed by atoms with Crippen LogP contribution in [0, 0.1) is 5.92 Å². The molecule has 0 saturated heterocycles. The van der Waals surface area contributed by atoms with Crippen LogP contribution in [-0.4, -0.2) is 12.6 Å². The van der Waals surface area contributed by atoms with Crippen LogP contribution in [0.1, 0.15) is 32.3 Å². The van der Waals surface area contributed by atoms with Crippen molar-refractivity contribution < 1.29 is 4.74 Å². The number of nitrogens with two attached hydrogens (primary N) is 1. The maximum absolute atomic E-state index is 6.08. The van der Waals surface area contributed by atoms with Gasteiger partial charge in [0.05, 0.1) is 13.2 Å². The van der Waals surface area contributed by atoms with Gasteiger partial charge in [-0.05, 0) is 11.5 Å². The number of hydrogen-bond acceptors (Lipinski definition) is 2. The highest BCUT2D eigenvalue weighted by Gasteiger charge is 2.13. The van der Waals surface area contributed by atoms with Gasteiger partial charge in [0.1, 0.15) is 0 Å². The number of hydrogen-bond donors (Lipinski definition) is 1. The molecule has 0 heterocycles. The van der Waals surface area contributed by atoms with Gasteiger partial charge in [-0.25, -0.2) is 0 Å². The molecule has 1 atom stereocenters. The SMILES string of the molecule is CCC(CC)C(N)COCc1ccccc1. The van der Waals surface area contributed by atoms with Gasteiger partial charge in [0.2, 0.25) is 0 Å². The van der Waals surface area contributed by atoms with E-state index < -0.39 is 0 Å². The van der Waals surface area contributed by atoms with Crippen LogP contribution >= 0.6 is 0 Å². The number of ether oxygens (including phenoxy) is 1. The predicted molar refractivity (Wildman–Crippen MR) is 68.1 cm³/mol. The Morgan fingerprint density at radius 3 is 2.31 bits per heavy atom. The quantitative estimate of drug-likeness (QED) is 0.768. The van der Waals surface area contributed by atoms with Crippen LogP contribution in [0.2, 0.25) is 0 Å². The normalized spacial score (nSPS) is 13.0. The van der Waals surface area contributed by atoms with Crippen LogP contribution in [0.15, 0.2) is 30.3 Å². The monoisotopic (exact) mass is 221 g/mol. The first kappa shape index (κ1) is 13.2. The van der Waals surface area contributed by atoms with E-state index >= 15 is 0 Å². The fraction of sp³-hybridized carbons (Fsp3) is 0.571. The number of rotatable bonds is 7. The molecule has 2 nitrogen and oxygen atoms in total. The zero-order valence-corrected chi connectivity index (χ0v) is 10.4. The summed E-state index contributed by atoms with van der Waals surface area (Å²) < 4.78 is 5.64. The Bertz CT molecular complexity index is 269. The fourth-order valence-electron chi connectivity index (χ4n) is 1.92. The molecule has 1 unspecified atom stereocenters. The summed E-state index contributed by atoms with van der Waals surface area (Å²) in [6, 6.07) is 10.4. The molecule has 0 aliphatic carbocycles. The van der Waals surface area contributed by atoms with Gasteiger partial charge in [0, 0.05) is 6.04 Å². The molecular formula is C14H23NO. The van der Waals surface area contributed by atoms with Crippen LogP contribution in [0.3, 0.4) is 0 Å². The lowest BCUT2D eigenvalue weighted by Crippen LogP contribution is -2.34. The highest BCUT2D eigenvalue weighted by atomic mass is 16.5. The summed E-state index contributed by atoms with van der Waals surface area (Å²) in [7, 11) is 0. The minimum atomic E-state index is 0.165. The Balaban J connectivity index is 2.25. The Morgan fingerprint density at radius 1 is 1.12 bits per heavy atom. The summed E-state index contributed by atoms with van der Waals surface area (Å²) in [4.78, 5) is 0. The van der Waals surface area contributed by atoms with Crippen molar-refractivity contribution in [1.82, 2.24) is 0 Å². The third-order valence-corrected chi connectivity index (χ3v) is 3.08. The van der Waals surface area contributed by atoms with Gasteiger partial charge >= 0.3 is 0 Å². The second-order valence-corrected chi connectivity index (χ2v) is 4.24. The van der Waals surface area contributed by atoms with Crippen LogP contribution in [0.25, 0.3) is 0 Å². The van der Waals surface area contributed by atoms with Gasteiger partial charge in [-0.1, -0.05) is 57.0 Å². The molecule has 0 fully saturated rings. The van der Waals surface area contributed by atoms with E-state index in [0.29, 0.717) is 19.1 Å². The second-order valence-electron chi connectivity index (χ2n) is 4.24. The van der Waals surface area contributed by atoms with Gasteiger partial charge in [0.15, 0.2) is 0 Å². The van der Waals surface area contributed by atoms with Crippen molar-refractivity contribution >= 4 is 0 Å². The van der Waals surface area contributed by atoms with Gasteiger partial charge < -0.3 is 10.5 Å². The van der Waals surface area contributed by atoms with E-state index in [-0.39, 0.29) is 6.04 Å². The van der Waals surface area contributed by atoms with E-state index in [2.05, 4.69) is 26.0 Å². The molecule has 1 aromatic carbocycles. The summed E-state index contributed by atoms with van der Waals surface area (Å²) in [5.41, 5.74) is 7.29. The van der Waals surface area contributed by atoms with E-state index in [4.69, 9.17) is 10.5 Å². The molecule has 2 N–H and O–H groups in total.